The third-order valence-electron chi connectivity index (χ3n) is 3.55. The fourth-order valence-electron chi connectivity index (χ4n) is 2.05. The van der Waals surface area contributed by atoms with Crippen molar-refractivity contribution in [1.29, 1.82) is 0 Å². The molecule has 100 valence electrons. The van der Waals surface area contributed by atoms with Gasteiger partial charge in [0.1, 0.15) is 0 Å². The predicted octanol–water partition coefficient (Wildman–Crippen LogP) is 2.35. The second kappa shape index (κ2) is 4.88. The van der Waals surface area contributed by atoms with Gasteiger partial charge in [-0.2, -0.15) is 0 Å². The zero-order valence-electron chi connectivity index (χ0n) is 10.8. The van der Waals surface area contributed by atoms with Gasteiger partial charge in [0, 0.05) is 25.9 Å². The van der Waals surface area contributed by atoms with Gasteiger partial charge in [0.25, 0.3) is 0 Å². The molecule has 0 aromatic carbocycles. The van der Waals surface area contributed by atoms with Crippen LogP contribution in [0.5, 0.6) is 0 Å². The minimum Gasteiger partial charge on any atom is -0.377 e. The molecule has 0 aromatic heterocycles. The molecule has 1 rings (SSSR count). The van der Waals surface area contributed by atoms with Crippen LogP contribution in [0.4, 0.5) is 8.78 Å². The Balaban J connectivity index is 2.50. The molecule has 1 fully saturated rings. The minimum atomic E-state index is -2.65. The lowest BCUT2D eigenvalue weighted by molar-refractivity contribution is -0.152. The van der Waals surface area contributed by atoms with Gasteiger partial charge in [0.2, 0.25) is 11.8 Å². The number of amides is 1. The summed E-state index contributed by atoms with van der Waals surface area (Å²) in [4.78, 5) is 11.7. The molecule has 1 saturated carbocycles. The molecule has 17 heavy (non-hydrogen) atoms. The van der Waals surface area contributed by atoms with Gasteiger partial charge in [-0.1, -0.05) is 6.92 Å². The van der Waals surface area contributed by atoms with E-state index in [9.17, 15) is 13.6 Å². The summed E-state index contributed by atoms with van der Waals surface area (Å²) in [5.41, 5.74) is -0.489. The van der Waals surface area contributed by atoms with Crippen LogP contribution in [0.3, 0.4) is 0 Å². The molecule has 1 aliphatic rings. The molecule has 1 atom stereocenters. The van der Waals surface area contributed by atoms with E-state index >= 15 is 0 Å². The first-order valence-electron chi connectivity index (χ1n) is 5.95. The van der Waals surface area contributed by atoms with Crippen LogP contribution in [-0.4, -0.2) is 30.6 Å². The van der Waals surface area contributed by atoms with Crippen molar-refractivity contribution in [1.82, 2.24) is 5.32 Å². The molecule has 1 N–H and O–H groups in total. The first-order chi connectivity index (χ1) is 7.72. The molecular formula is C12H21F2NO2. The standard InChI is InChI=1S/C12H21F2NO2/c1-5-9(11(2,3)17-4)15-10(16)8-6-12(13,14)7-8/h8-9H,5-7H2,1-4H3,(H,15,16)/t9-/m1/s1. The second-order valence-electron chi connectivity index (χ2n) is 5.24. The largest absolute Gasteiger partial charge is 0.377 e. The van der Waals surface area contributed by atoms with Crippen LogP contribution in [-0.2, 0) is 9.53 Å². The number of alkyl halides is 2. The van der Waals surface area contributed by atoms with Crippen LogP contribution in [0.1, 0.15) is 40.0 Å². The van der Waals surface area contributed by atoms with E-state index in [-0.39, 0.29) is 24.8 Å². The van der Waals surface area contributed by atoms with E-state index in [1.807, 2.05) is 20.8 Å². The molecule has 1 amide bonds. The van der Waals surface area contributed by atoms with E-state index in [1.165, 1.54) is 0 Å². The Morgan fingerprint density at radius 3 is 2.41 bits per heavy atom. The average Bonchev–Trinajstić information content (AvgIpc) is 2.21. The van der Waals surface area contributed by atoms with Gasteiger partial charge in [0.15, 0.2) is 0 Å². The number of ether oxygens (including phenoxy) is 1. The minimum absolute atomic E-state index is 0.158. The fraction of sp³-hybridized carbons (Fsp3) is 0.917. The second-order valence-corrected chi connectivity index (χ2v) is 5.24. The highest BCUT2D eigenvalue weighted by molar-refractivity contribution is 5.80. The third kappa shape index (κ3) is 3.37. The smallest absolute Gasteiger partial charge is 0.249 e. The van der Waals surface area contributed by atoms with Crippen LogP contribution in [0.2, 0.25) is 0 Å². The van der Waals surface area contributed by atoms with E-state index in [2.05, 4.69) is 5.32 Å². The van der Waals surface area contributed by atoms with Crippen molar-refractivity contribution >= 4 is 5.91 Å². The van der Waals surface area contributed by atoms with Crippen molar-refractivity contribution in [3.05, 3.63) is 0 Å². The van der Waals surface area contributed by atoms with Crippen LogP contribution in [0, 0.1) is 5.92 Å². The summed E-state index contributed by atoms with van der Waals surface area (Å²) in [6.07, 6.45) is 0.0427. The number of hydrogen-bond donors (Lipinski definition) is 1. The van der Waals surface area contributed by atoms with Crippen molar-refractivity contribution in [2.75, 3.05) is 7.11 Å². The summed E-state index contributed by atoms with van der Waals surface area (Å²) in [6.45, 7) is 5.68. The van der Waals surface area contributed by atoms with E-state index in [4.69, 9.17) is 4.74 Å². The normalized spacial score (nSPS) is 21.8. The predicted molar refractivity (Wildman–Crippen MR) is 61.0 cm³/mol. The molecule has 5 heteroatoms. The molecule has 0 bridgehead atoms. The number of rotatable bonds is 5. The lowest BCUT2D eigenvalue weighted by atomic mass is 9.80. The highest BCUT2D eigenvalue weighted by atomic mass is 19.3. The maximum Gasteiger partial charge on any atom is 0.249 e. The first kappa shape index (κ1) is 14.4. The maximum absolute atomic E-state index is 12.7. The molecule has 0 unspecified atom stereocenters. The maximum atomic E-state index is 12.7. The molecule has 0 spiro atoms. The van der Waals surface area contributed by atoms with Crippen molar-refractivity contribution < 1.29 is 18.3 Å². The summed E-state index contributed by atoms with van der Waals surface area (Å²) in [5, 5.41) is 2.80. The van der Waals surface area contributed by atoms with Crippen molar-refractivity contribution in [3.8, 4) is 0 Å². The molecule has 0 aromatic rings. The molecule has 1 aliphatic carbocycles. The van der Waals surface area contributed by atoms with E-state index in [1.54, 1.807) is 7.11 Å². The summed E-state index contributed by atoms with van der Waals surface area (Å²) >= 11 is 0. The Morgan fingerprint density at radius 1 is 1.53 bits per heavy atom. The quantitative estimate of drug-likeness (QED) is 0.812. The number of carbonyl (C=O) groups is 1. The third-order valence-corrected chi connectivity index (χ3v) is 3.55. The number of halogens is 2. The van der Waals surface area contributed by atoms with Crippen molar-refractivity contribution in [3.63, 3.8) is 0 Å². The van der Waals surface area contributed by atoms with Gasteiger partial charge in [-0.05, 0) is 20.3 Å². The van der Waals surface area contributed by atoms with Crippen LogP contribution < -0.4 is 5.32 Å². The van der Waals surface area contributed by atoms with E-state index in [0.717, 1.165) is 0 Å². The molecule has 3 nitrogen and oxygen atoms in total. The zero-order valence-corrected chi connectivity index (χ0v) is 10.8. The Labute approximate surface area is 101 Å². The summed E-state index contributed by atoms with van der Waals surface area (Å²) < 4.78 is 30.6. The van der Waals surface area contributed by atoms with E-state index < -0.39 is 17.4 Å². The Hall–Kier alpha value is -0.710. The molecule has 0 heterocycles. The molecule has 0 aliphatic heterocycles. The number of nitrogens with one attached hydrogen (secondary N) is 1. The zero-order chi connectivity index (χ0) is 13.3. The fourth-order valence-corrected chi connectivity index (χ4v) is 2.05. The average molecular weight is 249 g/mol. The first-order valence-corrected chi connectivity index (χ1v) is 5.95. The Kier molecular flexibility index (Phi) is 4.12. The topological polar surface area (TPSA) is 38.3 Å². The SMILES string of the molecule is CC[C@@H](NC(=O)C1CC(F)(F)C1)C(C)(C)OC. The monoisotopic (exact) mass is 249 g/mol. The van der Waals surface area contributed by atoms with Crippen LogP contribution in [0.15, 0.2) is 0 Å². The highest BCUT2D eigenvalue weighted by Crippen LogP contribution is 2.42. The summed E-state index contributed by atoms with van der Waals surface area (Å²) in [7, 11) is 1.58. The van der Waals surface area contributed by atoms with Gasteiger partial charge >= 0.3 is 0 Å². The summed E-state index contributed by atoms with van der Waals surface area (Å²) in [5.74, 6) is -3.49. The molecule has 0 saturated heterocycles. The number of carbonyl (C=O) groups excluding carboxylic acids is 1. The van der Waals surface area contributed by atoms with Crippen LogP contribution >= 0.6 is 0 Å². The molecule has 0 radical (unpaired) electrons. The lowest BCUT2D eigenvalue weighted by Crippen LogP contribution is -2.54. The van der Waals surface area contributed by atoms with Crippen molar-refractivity contribution in [2.45, 2.75) is 57.6 Å². The van der Waals surface area contributed by atoms with Gasteiger partial charge in [-0.25, -0.2) is 8.78 Å². The molecular weight excluding hydrogens is 228 g/mol. The van der Waals surface area contributed by atoms with Crippen LogP contribution in [0.25, 0.3) is 0 Å². The summed E-state index contributed by atoms with van der Waals surface area (Å²) in [6, 6.07) is -0.158. The Morgan fingerprint density at radius 2 is 2.06 bits per heavy atom. The van der Waals surface area contributed by atoms with Gasteiger partial charge in [-0.3, -0.25) is 4.79 Å². The number of methoxy groups -OCH3 is 1. The van der Waals surface area contributed by atoms with E-state index in [0.29, 0.717) is 6.42 Å². The number of hydrogen-bond acceptors (Lipinski definition) is 2. The van der Waals surface area contributed by atoms with Gasteiger partial charge in [0.05, 0.1) is 11.6 Å². The Bertz CT molecular complexity index is 284. The van der Waals surface area contributed by atoms with Crippen molar-refractivity contribution in [2.24, 2.45) is 5.92 Å². The highest BCUT2D eigenvalue weighted by Gasteiger charge is 2.49. The van der Waals surface area contributed by atoms with Gasteiger partial charge in [-0.15, -0.1) is 0 Å². The lowest BCUT2D eigenvalue weighted by Gasteiger charge is -2.38. The van der Waals surface area contributed by atoms with Gasteiger partial charge < -0.3 is 10.1 Å².